The van der Waals surface area contributed by atoms with Crippen LogP contribution in [-0.2, 0) is 0 Å². The van der Waals surface area contributed by atoms with Crippen LogP contribution in [0.1, 0.15) is 58.8 Å². The van der Waals surface area contributed by atoms with E-state index in [-0.39, 0.29) is 18.8 Å². The molecule has 0 aromatic heterocycles. The zero-order valence-corrected chi connectivity index (χ0v) is 11.7. The van der Waals surface area contributed by atoms with Crippen molar-refractivity contribution in [1.82, 2.24) is 5.32 Å². The molecule has 0 radical (unpaired) electrons. The van der Waals surface area contributed by atoms with Gasteiger partial charge < -0.3 is 5.32 Å². The predicted molar refractivity (Wildman–Crippen MR) is 70.9 cm³/mol. The molecule has 0 heterocycles. The second kappa shape index (κ2) is 5.85. The lowest BCUT2D eigenvalue weighted by Crippen LogP contribution is -2.38. The van der Waals surface area contributed by atoms with Crippen molar-refractivity contribution in [3.63, 3.8) is 0 Å². The normalized spacial score (nSPS) is 37.0. The smallest absolute Gasteiger partial charge is 0.248 e. The number of alkyl halides is 2. The Kier molecular flexibility index (Phi) is 4.63. The van der Waals surface area contributed by atoms with Gasteiger partial charge in [-0.1, -0.05) is 26.7 Å². The topological polar surface area (TPSA) is 12.0 Å². The molecule has 0 aromatic carbocycles. The first-order valence-corrected chi connectivity index (χ1v) is 7.63. The van der Waals surface area contributed by atoms with Crippen molar-refractivity contribution in [2.24, 2.45) is 17.8 Å². The second-order valence-corrected chi connectivity index (χ2v) is 6.44. The van der Waals surface area contributed by atoms with Gasteiger partial charge >= 0.3 is 0 Å². The van der Waals surface area contributed by atoms with Gasteiger partial charge in [-0.05, 0) is 43.6 Å². The lowest BCUT2D eigenvalue weighted by atomic mass is 9.84. The summed E-state index contributed by atoms with van der Waals surface area (Å²) in [6, 6.07) is 0.464. The molecule has 1 N–H and O–H groups in total. The average molecular weight is 259 g/mol. The first kappa shape index (κ1) is 14.2. The van der Waals surface area contributed by atoms with E-state index in [0.717, 1.165) is 25.3 Å². The molecule has 0 amide bonds. The summed E-state index contributed by atoms with van der Waals surface area (Å²) in [7, 11) is 0. The Bertz CT molecular complexity index is 267. The molecule has 2 aliphatic carbocycles. The van der Waals surface area contributed by atoms with E-state index in [1.807, 2.05) is 0 Å². The van der Waals surface area contributed by atoms with Gasteiger partial charge in [0.1, 0.15) is 0 Å². The highest BCUT2D eigenvalue weighted by Crippen LogP contribution is 2.43. The quantitative estimate of drug-likeness (QED) is 0.779. The van der Waals surface area contributed by atoms with Gasteiger partial charge in [-0.25, -0.2) is 8.78 Å². The summed E-state index contributed by atoms with van der Waals surface area (Å²) in [5, 5.41) is 3.56. The number of halogens is 2. The van der Waals surface area contributed by atoms with Gasteiger partial charge in [0.05, 0.1) is 0 Å². The van der Waals surface area contributed by atoms with E-state index in [2.05, 4.69) is 19.2 Å². The third-order valence-electron chi connectivity index (χ3n) is 5.00. The predicted octanol–water partition coefficient (Wildman–Crippen LogP) is 4.23. The Hall–Kier alpha value is -0.180. The molecule has 0 aromatic rings. The van der Waals surface area contributed by atoms with Gasteiger partial charge in [0.2, 0.25) is 5.92 Å². The van der Waals surface area contributed by atoms with Gasteiger partial charge in [0.15, 0.2) is 0 Å². The number of hydrogen-bond acceptors (Lipinski definition) is 1. The van der Waals surface area contributed by atoms with Crippen LogP contribution in [0.2, 0.25) is 0 Å². The summed E-state index contributed by atoms with van der Waals surface area (Å²) in [4.78, 5) is 0. The highest BCUT2D eigenvalue weighted by Gasteiger charge is 2.41. The SMILES string of the molecule is CCNC(CC1CCC(F)(F)C1)C1CCCC1C. The monoisotopic (exact) mass is 259 g/mol. The molecule has 0 aliphatic heterocycles. The Labute approximate surface area is 110 Å². The van der Waals surface area contributed by atoms with Crippen LogP contribution in [0.15, 0.2) is 0 Å². The number of hydrogen-bond donors (Lipinski definition) is 1. The molecule has 2 saturated carbocycles. The van der Waals surface area contributed by atoms with Crippen LogP contribution in [0.5, 0.6) is 0 Å². The molecule has 1 nitrogen and oxygen atoms in total. The molecule has 0 spiro atoms. The van der Waals surface area contributed by atoms with E-state index in [1.165, 1.54) is 19.3 Å². The molecule has 2 aliphatic rings. The van der Waals surface area contributed by atoms with E-state index >= 15 is 0 Å². The standard InChI is InChI=1S/C15H27F2N/c1-3-18-14(13-6-4-5-11(13)2)9-12-7-8-15(16,17)10-12/h11-14,18H,3-10H2,1-2H3. The Morgan fingerprint density at radius 1 is 1.28 bits per heavy atom. The van der Waals surface area contributed by atoms with E-state index in [4.69, 9.17) is 0 Å². The van der Waals surface area contributed by atoms with Crippen molar-refractivity contribution in [1.29, 1.82) is 0 Å². The van der Waals surface area contributed by atoms with Crippen molar-refractivity contribution in [2.45, 2.75) is 70.8 Å². The van der Waals surface area contributed by atoms with Gasteiger partial charge in [0, 0.05) is 18.9 Å². The van der Waals surface area contributed by atoms with E-state index < -0.39 is 5.92 Å². The van der Waals surface area contributed by atoms with Crippen LogP contribution in [0.4, 0.5) is 8.78 Å². The van der Waals surface area contributed by atoms with Crippen molar-refractivity contribution >= 4 is 0 Å². The molecule has 2 rings (SSSR count). The lowest BCUT2D eigenvalue weighted by molar-refractivity contribution is 0.00394. The lowest BCUT2D eigenvalue weighted by Gasteiger charge is -2.30. The van der Waals surface area contributed by atoms with Crippen LogP contribution in [0.25, 0.3) is 0 Å². The minimum absolute atomic E-state index is 0.108. The molecule has 4 atom stereocenters. The summed E-state index contributed by atoms with van der Waals surface area (Å²) < 4.78 is 26.5. The van der Waals surface area contributed by atoms with Crippen LogP contribution >= 0.6 is 0 Å². The van der Waals surface area contributed by atoms with Crippen LogP contribution in [0.3, 0.4) is 0 Å². The zero-order valence-electron chi connectivity index (χ0n) is 11.7. The molecule has 2 fully saturated rings. The van der Waals surface area contributed by atoms with Crippen LogP contribution < -0.4 is 5.32 Å². The van der Waals surface area contributed by atoms with Crippen molar-refractivity contribution in [3.8, 4) is 0 Å². The Morgan fingerprint density at radius 3 is 2.56 bits per heavy atom. The second-order valence-electron chi connectivity index (χ2n) is 6.44. The van der Waals surface area contributed by atoms with Gasteiger partial charge in [-0.15, -0.1) is 0 Å². The minimum Gasteiger partial charge on any atom is -0.314 e. The minimum atomic E-state index is -2.39. The molecule has 18 heavy (non-hydrogen) atoms. The number of nitrogens with one attached hydrogen (secondary N) is 1. The summed E-state index contributed by atoms with van der Waals surface area (Å²) in [5.74, 6) is -0.685. The molecular weight excluding hydrogens is 232 g/mol. The largest absolute Gasteiger partial charge is 0.314 e. The van der Waals surface area contributed by atoms with Crippen LogP contribution in [0, 0.1) is 17.8 Å². The van der Waals surface area contributed by atoms with Crippen molar-refractivity contribution < 1.29 is 8.78 Å². The average Bonchev–Trinajstić information content (AvgIpc) is 2.84. The van der Waals surface area contributed by atoms with Crippen LogP contribution in [-0.4, -0.2) is 18.5 Å². The third-order valence-corrected chi connectivity index (χ3v) is 5.00. The van der Waals surface area contributed by atoms with Crippen molar-refractivity contribution in [3.05, 3.63) is 0 Å². The zero-order chi connectivity index (χ0) is 13.2. The maximum absolute atomic E-state index is 13.3. The van der Waals surface area contributed by atoms with E-state index in [9.17, 15) is 8.78 Å². The van der Waals surface area contributed by atoms with Gasteiger partial charge in [-0.3, -0.25) is 0 Å². The first-order valence-electron chi connectivity index (χ1n) is 7.63. The Balaban J connectivity index is 1.90. The summed E-state index contributed by atoms with van der Waals surface area (Å²) in [5.41, 5.74) is 0. The fraction of sp³-hybridized carbons (Fsp3) is 1.00. The third kappa shape index (κ3) is 3.43. The summed E-state index contributed by atoms with van der Waals surface area (Å²) in [6.45, 7) is 5.40. The fourth-order valence-electron chi connectivity index (χ4n) is 4.05. The van der Waals surface area contributed by atoms with E-state index in [0.29, 0.717) is 12.0 Å². The molecule has 0 saturated heterocycles. The van der Waals surface area contributed by atoms with Crippen molar-refractivity contribution in [2.75, 3.05) is 6.54 Å². The Morgan fingerprint density at radius 2 is 2.06 bits per heavy atom. The highest BCUT2D eigenvalue weighted by atomic mass is 19.3. The van der Waals surface area contributed by atoms with Gasteiger partial charge in [-0.2, -0.15) is 0 Å². The molecule has 106 valence electrons. The maximum Gasteiger partial charge on any atom is 0.248 e. The first-order chi connectivity index (χ1) is 8.52. The van der Waals surface area contributed by atoms with Gasteiger partial charge in [0.25, 0.3) is 0 Å². The molecule has 4 unspecified atom stereocenters. The maximum atomic E-state index is 13.3. The molecule has 3 heteroatoms. The molecular formula is C15H27F2N. The molecule has 0 bridgehead atoms. The van der Waals surface area contributed by atoms with E-state index in [1.54, 1.807) is 0 Å². The summed E-state index contributed by atoms with van der Waals surface area (Å²) in [6.07, 6.45) is 5.81. The summed E-state index contributed by atoms with van der Waals surface area (Å²) >= 11 is 0. The number of rotatable bonds is 5. The fourth-order valence-corrected chi connectivity index (χ4v) is 4.05. The highest BCUT2D eigenvalue weighted by molar-refractivity contribution is 4.89.